The van der Waals surface area contributed by atoms with Crippen LogP contribution >= 0.6 is 11.6 Å². The smallest absolute Gasteiger partial charge is 0.322 e. The molecule has 0 aliphatic carbocycles. The number of nitrogens with zero attached hydrogens (tertiary/aromatic N) is 2. The monoisotopic (exact) mass is 351 g/mol. The molecule has 6 heteroatoms. The third kappa shape index (κ3) is 5.16. The first-order valence-electron chi connectivity index (χ1n) is 7.49. The van der Waals surface area contributed by atoms with Gasteiger partial charge in [0.25, 0.3) is 0 Å². The van der Waals surface area contributed by atoms with Gasteiger partial charge in [-0.2, -0.15) is 0 Å². The molecule has 0 radical (unpaired) electrons. The second kappa shape index (κ2) is 8.08. The average molecular weight is 352 g/mol. The molecule has 3 rings (SSSR count). The zero-order valence-electron chi connectivity index (χ0n) is 13.1. The number of carbonyl (C=O) groups is 1. The molecule has 0 spiro atoms. The van der Waals surface area contributed by atoms with E-state index < -0.39 is 0 Å². The van der Waals surface area contributed by atoms with Gasteiger partial charge in [-0.1, -0.05) is 41.9 Å². The number of ether oxygens (including phenoxy) is 1. The van der Waals surface area contributed by atoms with Crippen molar-refractivity contribution in [3.05, 3.63) is 83.7 Å². The number of benzene rings is 2. The van der Waals surface area contributed by atoms with Crippen molar-refractivity contribution in [2.24, 2.45) is 0 Å². The van der Waals surface area contributed by atoms with Gasteiger partial charge in [0.1, 0.15) is 5.75 Å². The van der Waals surface area contributed by atoms with Crippen LogP contribution in [-0.2, 0) is 4.79 Å². The van der Waals surface area contributed by atoms with Gasteiger partial charge in [-0.25, -0.2) is 9.97 Å². The van der Waals surface area contributed by atoms with Crippen molar-refractivity contribution in [3.63, 3.8) is 0 Å². The SMILES string of the molecule is O=C(/C=C/c1ccc(Cl)cc1)Nc1cnc(Oc2ccccc2)nc1. The number of anilines is 1. The van der Waals surface area contributed by atoms with Crippen LogP contribution in [0.2, 0.25) is 5.02 Å². The minimum atomic E-state index is -0.282. The lowest BCUT2D eigenvalue weighted by Gasteiger charge is -2.04. The summed E-state index contributed by atoms with van der Waals surface area (Å²) in [5.41, 5.74) is 1.36. The van der Waals surface area contributed by atoms with Crippen LogP contribution < -0.4 is 10.1 Å². The fourth-order valence-corrected chi connectivity index (χ4v) is 2.08. The Morgan fingerprint density at radius 3 is 2.36 bits per heavy atom. The van der Waals surface area contributed by atoms with E-state index in [4.69, 9.17) is 16.3 Å². The number of rotatable bonds is 5. The minimum Gasteiger partial charge on any atom is -0.424 e. The Balaban J connectivity index is 1.57. The first kappa shape index (κ1) is 16.7. The Bertz CT molecular complexity index is 863. The fraction of sp³-hybridized carbons (Fsp3) is 0. The van der Waals surface area contributed by atoms with Gasteiger partial charge < -0.3 is 10.1 Å². The number of hydrogen-bond donors (Lipinski definition) is 1. The summed E-state index contributed by atoms with van der Waals surface area (Å²) in [4.78, 5) is 20.1. The Hall–Kier alpha value is -3.18. The second-order valence-electron chi connectivity index (χ2n) is 5.04. The molecule has 124 valence electrons. The largest absolute Gasteiger partial charge is 0.424 e. The zero-order valence-corrected chi connectivity index (χ0v) is 13.9. The highest BCUT2D eigenvalue weighted by atomic mass is 35.5. The van der Waals surface area contributed by atoms with E-state index >= 15 is 0 Å². The molecule has 25 heavy (non-hydrogen) atoms. The van der Waals surface area contributed by atoms with Crippen molar-refractivity contribution >= 4 is 29.3 Å². The van der Waals surface area contributed by atoms with Gasteiger partial charge >= 0.3 is 6.01 Å². The number of hydrogen-bond acceptors (Lipinski definition) is 4. The Kier molecular flexibility index (Phi) is 5.39. The molecule has 2 aromatic carbocycles. The maximum Gasteiger partial charge on any atom is 0.322 e. The van der Waals surface area contributed by atoms with Gasteiger partial charge in [-0.05, 0) is 35.9 Å². The lowest BCUT2D eigenvalue weighted by Crippen LogP contribution is -2.08. The highest BCUT2D eigenvalue weighted by Crippen LogP contribution is 2.17. The maximum atomic E-state index is 11.9. The van der Waals surface area contributed by atoms with E-state index in [-0.39, 0.29) is 11.9 Å². The van der Waals surface area contributed by atoms with Crippen LogP contribution in [-0.4, -0.2) is 15.9 Å². The van der Waals surface area contributed by atoms with E-state index in [1.54, 1.807) is 30.3 Å². The summed E-state index contributed by atoms with van der Waals surface area (Å²) in [7, 11) is 0. The van der Waals surface area contributed by atoms with Crippen molar-refractivity contribution in [2.45, 2.75) is 0 Å². The van der Waals surface area contributed by atoms with Gasteiger partial charge in [0.2, 0.25) is 5.91 Å². The van der Waals surface area contributed by atoms with Crippen molar-refractivity contribution in [1.82, 2.24) is 9.97 Å². The third-order valence-corrected chi connectivity index (χ3v) is 3.40. The molecule has 1 aromatic heterocycles. The molecule has 3 aromatic rings. The number of para-hydroxylation sites is 1. The molecule has 0 unspecified atom stereocenters. The molecule has 0 saturated carbocycles. The van der Waals surface area contributed by atoms with Crippen molar-refractivity contribution in [1.29, 1.82) is 0 Å². The summed E-state index contributed by atoms with van der Waals surface area (Å²) in [6, 6.07) is 16.6. The number of nitrogens with one attached hydrogen (secondary N) is 1. The molecule has 1 amide bonds. The maximum absolute atomic E-state index is 11.9. The summed E-state index contributed by atoms with van der Waals surface area (Å²) in [6.45, 7) is 0. The first-order valence-corrected chi connectivity index (χ1v) is 7.86. The normalized spacial score (nSPS) is 10.6. The van der Waals surface area contributed by atoms with E-state index in [0.717, 1.165) is 5.56 Å². The van der Waals surface area contributed by atoms with Crippen LogP contribution in [0, 0.1) is 0 Å². The van der Waals surface area contributed by atoms with Crippen LogP contribution in [0.15, 0.2) is 73.1 Å². The van der Waals surface area contributed by atoms with Gasteiger partial charge in [-0.3, -0.25) is 4.79 Å². The van der Waals surface area contributed by atoms with Gasteiger partial charge in [-0.15, -0.1) is 0 Å². The van der Waals surface area contributed by atoms with Crippen LogP contribution in [0.5, 0.6) is 11.8 Å². The summed E-state index contributed by atoms with van der Waals surface area (Å²) < 4.78 is 5.49. The standard InChI is InChI=1S/C19H14ClN3O2/c20-15-9-6-14(7-10-15)8-11-18(24)23-16-12-21-19(22-13-16)25-17-4-2-1-3-5-17/h1-13H,(H,23,24)/b11-8+. The summed E-state index contributed by atoms with van der Waals surface area (Å²) in [5.74, 6) is 0.362. The Morgan fingerprint density at radius 2 is 1.68 bits per heavy atom. The molecule has 1 N–H and O–H groups in total. The summed E-state index contributed by atoms with van der Waals surface area (Å²) in [6.07, 6.45) is 6.09. The predicted octanol–water partition coefficient (Wildman–Crippen LogP) is 4.57. The van der Waals surface area contributed by atoms with Crippen molar-refractivity contribution in [3.8, 4) is 11.8 Å². The molecule has 5 nitrogen and oxygen atoms in total. The lowest BCUT2D eigenvalue weighted by atomic mass is 10.2. The highest BCUT2D eigenvalue weighted by Gasteiger charge is 2.02. The molecule has 0 aliphatic rings. The molecule has 0 fully saturated rings. The van der Waals surface area contributed by atoms with E-state index in [2.05, 4.69) is 15.3 Å². The predicted molar refractivity (Wildman–Crippen MR) is 97.7 cm³/mol. The number of amides is 1. The average Bonchev–Trinajstić information content (AvgIpc) is 2.64. The Labute approximate surface area is 150 Å². The summed E-state index contributed by atoms with van der Waals surface area (Å²) >= 11 is 5.82. The first-order chi connectivity index (χ1) is 12.2. The van der Waals surface area contributed by atoms with Crippen LogP contribution in [0.25, 0.3) is 6.08 Å². The number of carbonyl (C=O) groups excluding carboxylic acids is 1. The van der Waals surface area contributed by atoms with Crippen LogP contribution in [0.4, 0.5) is 5.69 Å². The van der Waals surface area contributed by atoms with Gasteiger partial charge in [0, 0.05) is 11.1 Å². The van der Waals surface area contributed by atoms with Gasteiger partial charge in [0.15, 0.2) is 0 Å². The molecule has 0 atom stereocenters. The highest BCUT2D eigenvalue weighted by molar-refractivity contribution is 6.30. The molecular weight excluding hydrogens is 338 g/mol. The molecular formula is C19H14ClN3O2. The van der Waals surface area contributed by atoms with Crippen LogP contribution in [0.1, 0.15) is 5.56 Å². The van der Waals surface area contributed by atoms with E-state index in [1.165, 1.54) is 18.5 Å². The van der Waals surface area contributed by atoms with E-state index in [9.17, 15) is 4.79 Å². The van der Waals surface area contributed by atoms with E-state index in [1.807, 2.05) is 30.3 Å². The third-order valence-electron chi connectivity index (χ3n) is 3.15. The minimum absolute atomic E-state index is 0.209. The molecule has 0 bridgehead atoms. The quantitative estimate of drug-likeness (QED) is 0.684. The topological polar surface area (TPSA) is 64.1 Å². The number of halogens is 1. The lowest BCUT2D eigenvalue weighted by molar-refractivity contribution is -0.111. The second-order valence-corrected chi connectivity index (χ2v) is 5.48. The molecule has 0 aliphatic heterocycles. The number of aromatic nitrogens is 2. The van der Waals surface area contributed by atoms with Gasteiger partial charge in [0.05, 0.1) is 18.1 Å². The van der Waals surface area contributed by atoms with E-state index in [0.29, 0.717) is 16.5 Å². The van der Waals surface area contributed by atoms with Crippen molar-refractivity contribution in [2.75, 3.05) is 5.32 Å². The zero-order chi connectivity index (χ0) is 17.5. The molecule has 1 heterocycles. The Morgan fingerprint density at radius 1 is 1.00 bits per heavy atom. The fourth-order valence-electron chi connectivity index (χ4n) is 1.96. The summed E-state index contributed by atoms with van der Waals surface area (Å²) in [5, 5.41) is 3.33. The molecule has 0 saturated heterocycles. The van der Waals surface area contributed by atoms with Crippen molar-refractivity contribution < 1.29 is 9.53 Å². The van der Waals surface area contributed by atoms with Crippen LogP contribution in [0.3, 0.4) is 0 Å².